The van der Waals surface area contributed by atoms with Crippen LogP contribution in [0.2, 0.25) is 0 Å². The fourth-order valence-electron chi connectivity index (χ4n) is 5.23. The quantitative estimate of drug-likeness (QED) is 0.218. The summed E-state index contributed by atoms with van der Waals surface area (Å²) in [6.07, 6.45) is -0.171. The molecule has 0 radical (unpaired) electrons. The summed E-state index contributed by atoms with van der Waals surface area (Å²) in [5, 5.41) is -1.10. The summed E-state index contributed by atoms with van der Waals surface area (Å²) in [6.45, 7) is 26.9. The van der Waals surface area contributed by atoms with E-state index >= 15 is 0 Å². The molecule has 0 aliphatic heterocycles. The maximum atomic E-state index is 14.6. The van der Waals surface area contributed by atoms with Crippen LogP contribution in [0.4, 0.5) is 0 Å². The largest absolute Gasteiger partial charge is 0.346 e. The first-order valence-electron chi connectivity index (χ1n) is 14.0. The molecule has 0 N–H and O–H groups in total. The van der Waals surface area contributed by atoms with Crippen LogP contribution in [0.25, 0.3) is 0 Å². The van der Waals surface area contributed by atoms with E-state index in [2.05, 4.69) is 41.5 Å². The lowest BCUT2D eigenvalue weighted by Crippen LogP contribution is -2.45. The molecule has 37 heavy (non-hydrogen) atoms. The summed E-state index contributed by atoms with van der Waals surface area (Å²) in [5.74, 6) is -0.0725. The second-order valence-corrected chi connectivity index (χ2v) is 18.6. The van der Waals surface area contributed by atoms with Crippen molar-refractivity contribution >= 4 is 21.0 Å². The monoisotopic (exact) mass is 566 g/mol. The maximum Gasteiger partial charge on any atom is 0.346 e. The second kappa shape index (κ2) is 13.1. The fourth-order valence-corrected chi connectivity index (χ4v) is 11.4. The normalized spacial score (nSPS) is 22.8. The average Bonchev–Trinajstić information content (AvgIpc) is 2.61. The van der Waals surface area contributed by atoms with E-state index in [1.807, 2.05) is 0 Å². The minimum atomic E-state index is -3.98. The first-order chi connectivity index (χ1) is 16.5. The highest BCUT2D eigenvalue weighted by Gasteiger charge is 2.55. The summed E-state index contributed by atoms with van der Waals surface area (Å²) < 4.78 is 53.2. The zero-order chi connectivity index (χ0) is 29.1. The van der Waals surface area contributed by atoms with Crippen LogP contribution in [0.15, 0.2) is 0 Å². The summed E-state index contributed by atoms with van der Waals surface area (Å²) in [6, 6.07) is 0. The molecular formula is C28H56O7P2. The zero-order valence-electron chi connectivity index (χ0n) is 26.0. The Labute approximate surface area is 227 Å². The van der Waals surface area contributed by atoms with Crippen LogP contribution >= 0.6 is 15.2 Å². The highest BCUT2D eigenvalue weighted by molar-refractivity contribution is 7.72. The number of ketones is 1. The van der Waals surface area contributed by atoms with Crippen molar-refractivity contribution in [3.8, 4) is 0 Å². The molecule has 1 aliphatic carbocycles. The third kappa shape index (κ3) is 10.1. The van der Waals surface area contributed by atoms with Crippen molar-refractivity contribution in [2.45, 2.75) is 146 Å². The lowest BCUT2D eigenvalue weighted by Gasteiger charge is -2.45. The Balaban J connectivity index is 3.72. The molecule has 1 fully saturated rings. The van der Waals surface area contributed by atoms with Gasteiger partial charge in [0.15, 0.2) is 5.40 Å². The summed E-state index contributed by atoms with van der Waals surface area (Å²) in [4.78, 5) is 13.6. The minimum Gasteiger partial charge on any atom is -0.305 e. The SMILES string of the molecule is CC(C)OP(=O)(OC(C)C)C(CC1C[C@@H](C(C)(C)C)C(=O)[C@@H](C(C)(C)C)C1)P(=O)(OC(C)C)OC(C)C. The van der Waals surface area contributed by atoms with Gasteiger partial charge in [-0.25, -0.2) is 0 Å². The van der Waals surface area contributed by atoms with Crippen molar-refractivity contribution in [1.29, 1.82) is 0 Å². The Bertz CT molecular complexity index is 744. The molecule has 0 aromatic heterocycles. The topological polar surface area (TPSA) is 88.1 Å². The average molecular weight is 567 g/mol. The van der Waals surface area contributed by atoms with Gasteiger partial charge >= 0.3 is 15.2 Å². The number of hydrogen-bond donors (Lipinski definition) is 0. The summed E-state index contributed by atoms with van der Waals surface area (Å²) in [5.41, 5.74) is -0.457. The number of Topliss-reactive ketones (excluding diaryl/α,β-unsaturated/α-hetero) is 1. The molecule has 1 saturated carbocycles. The standard InChI is InChI=1S/C28H56O7P2/c1-18(2)32-36(30,33-19(3)4)25(37(31,34-20(5)6)35-21(7)8)17-22-15-23(27(9,10)11)26(29)24(16-22)28(12,13)14/h18-25H,15-17H2,1-14H3/t22?,23-,24+. The molecular weight excluding hydrogens is 510 g/mol. The molecule has 9 heteroatoms. The van der Waals surface area contributed by atoms with Gasteiger partial charge in [0.05, 0.1) is 24.4 Å². The Morgan fingerprint density at radius 1 is 0.649 bits per heavy atom. The minimum absolute atomic E-state index is 0.0316. The van der Waals surface area contributed by atoms with Gasteiger partial charge in [-0.1, -0.05) is 41.5 Å². The molecule has 0 bridgehead atoms. The fraction of sp³-hybridized carbons (Fsp3) is 0.964. The van der Waals surface area contributed by atoms with Gasteiger partial charge in [0, 0.05) is 11.8 Å². The number of rotatable bonds is 12. The molecule has 0 aromatic carbocycles. The third-order valence-corrected chi connectivity index (χ3v) is 13.1. The van der Waals surface area contributed by atoms with Crippen molar-refractivity contribution in [2.24, 2.45) is 28.6 Å². The Hall–Kier alpha value is -0.0300. The Kier molecular flexibility index (Phi) is 12.4. The predicted octanol–water partition coefficient (Wildman–Crippen LogP) is 9.09. The van der Waals surface area contributed by atoms with E-state index in [-0.39, 0.29) is 40.8 Å². The summed E-state index contributed by atoms with van der Waals surface area (Å²) in [7, 11) is -7.95. The highest BCUT2D eigenvalue weighted by Crippen LogP contribution is 2.74. The first-order valence-corrected chi connectivity index (χ1v) is 17.2. The molecule has 7 nitrogen and oxygen atoms in total. The van der Waals surface area contributed by atoms with Crippen molar-refractivity contribution in [1.82, 2.24) is 0 Å². The van der Waals surface area contributed by atoms with Crippen molar-refractivity contribution < 1.29 is 32.0 Å². The molecule has 0 spiro atoms. The van der Waals surface area contributed by atoms with Gasteiger partial charge in [-0.3, -0.25) is 13.9 Å². The van der Waals surface area contributed by atoms with Crippen molar-refractivity contribution in [2.75, 3.05) is 0 Å². The van der Waals surface area contributed by atoms with E-state index < -0.39 is 45.0 Å². The maximum absolute atomic E-state index is 14.6. The number of hydrogen-bond acceptors (Lipinski definition) is 7. The lowest BCUT2D eigenvalue weighted by atomic mass is 9.59. The molecule has 0 heterocycles. The van der Waals surface area contributed by atoms with Gasteiger partial charge in [0.25, 0.3) is 0 Å². The van der Waals surface area contributed by atoms with Crippen LogP contribution in [-0.2, 0) is 32.0 Å². The van der Waals surface area contributed by atoms with Crippen LogP contribution in [0.3, 0.4) is 0 Å². The van der Waals surface area contributed by atoms with Gasteiger partial charge < -0.3 is 18.1 Å². The van der Waals surface area contributed by atoms with Crippen LogP contribution < -0.4 is 0 Å². The molecule has 0 saturated heterocycles. The van der Waals surface area contributed by atoms with Crippen LogP contribution in [0, 0.1) is 28.6 Å². The highest BCUT2D eigenvalue weighted by atomic mass is 31.2. The van der Waals surface area contributed by atoms with Gasteiger partial charge in [-0.15, -0.1) is 0 Å². The summed E-state index contributed by atoms with van der Waals surface area (Å²) >= 11 is 0. The van der Waals surface area contributed by atoms with Crippen molar-refractivity contribution in [3.05, 3.63) is 0 Å². The van der Waals surface area contributed by atoms with E-state index in [4.69, 9.17) is 18.1 Å². The van der Waals surface area contributed by atoms with Crippen LogP contribution in [0.5, 0.6) is 0 Å². The lowest BCUT2D eigenvalue weighted by molar-refractivity contribution is -0.139. The second-order valence-electron chi connectivity index (χ2n) is 14.0. The van der Waals surface area contributed by atoms with E-state index in [9.17, 15) is 13.9 Å². The van der Waals surface area contributed by atoms with Gasteiger partial charge in [-0.2, -0.15) is 0 Å². The molecule has 1 aliphatic rings. The van der Waals surface area contributed by atoms with Crippen LogP contribution in [0.1, 0.15) is 116 Å². The molecule has 1 unspecified atom stereocenters. The molecule has 0 aromatic rings. The third-order valence-electron chi connectivity index (χ3n) is 6.62. The Morgan fingerprint density at radius 2 is 0.919 bits per heavy atom. The molecule has 0 amide bonds. The Morgan fingerprint density at radius 3 is 1.14 bits per heavy atom. The molecule has 1 rings (SSSR count). The van der Waals surface area contributed by atoms with Crippen molar-refractivity contribution in [3.63, 3.8) is 0 Å². The van der Waals surface area contributed by atoms with Crippen LogP contribution in [-0.4, -0.2) is 35.6 Å². The molecule has 220 valence electrons. The van der Waals surface area contributed by atoms with E-state index in [1.54, 1.807) is 55.4 Å². The molecule has 3 atom stereocenters. The van der Waals surface area contributed by atoms with E-state index in [1.165, 1.54) is 0 Å². The van der Waals surface area contributed by atoms with Gasteiger partial charge in [0.2, 0.25) is 0 Å². The van der Waals surface area contributed by atoms with Gasteiger partial charge in [0.1, 0.15) is 5.78 Å². The zero-order valence-corrected chi connectivity index (χ0v) is 27.8. The first kappa shape index (κ1) is 35.0. The number of carbonyl (C=O) groups excluding carboxylic acids is 1. The van der Waals surface area contributed by atoms with E-state index in [0.29, 0.717) is 12.8 Å². The predicted molar refractivity (Wildman–Crippen MR) is 152 cm³/mol. The smallest absolute Gasteiger partial charge is 0.305 e. The number of carbonyl (C=O) groups is 1. The van der Waals surface area contributed by atoms with Gasteiger partial charge in [-0.05, 0) is 91.4 Å². The van der Waals surface area contributed by atoms with E-state index in [0.717, 1.165) is 0 Å².